The van der Waals surface area contributed by atoms with Gasteiger partial charge in [0.05, 0.1) is 16.5 Å². The summed E-state index contributed by atoms with van der Waals surface area (Å²) >= 11 is 11.7. The Hall–Kier alpha value is -1.34. The first-order valence-electron chi connectivity index (χ1n) is 5.46. The molecular formula is C12H10Cl2N2O3S. The molecule has 2 rings (SSSR count). The zero-order valence-corrected chi connectivity index (χ0v) is 12.4. The van der Waals surface area contributed by atoms with Crippen LogP contribution < -0.4 is 4.72 Å². The van der Waals surface area contributed by atoms with Crippen LogP contribution in [-0.2, 0) is 16.6 Å². The normalized spacial score (nSPS) is 11.3. The molecule has 0 bridgehead atoms. The van der Waals surface area contributed by atoms with Crippen molar-refractivity contribution in [3.05, 3.63) is 52.1 Å². The first-order valence-corrected chi connectivity index (χ1v) is 7.70. The predicted octanol–water partition coefficient (Wildman–Crippen LogP) is 2.68. The average Bonchev–Trinajstić information content (AvgIpc) is 2.41. The van der Waals surface area contributed by atoms with Crippen LogP contribution >= 0.6 is 23.2 Å². The molecule has 0 atom stereocenters. The van der Waals surface area contributed by atoms with Gasteiger partial charge >= 0.3 is 0 Å². The molecule has 5 nitrogen and oxygen atoms in total. The second kappa shape index (κ2) is 5.97. The monoisotopic (exact) mass is 332 g/mol. The van der Waals surface area contributed by atoms with E-state index < -0.39 is 10.0 Å². The van der Waals surface area contributed by atoms with Crippen molar-refractivity contribution >= 4 is 39.0 Å². The summed E-state index contributed by atoms with van der Waals surface area (Å²) in [6.45, 7) is -0.265. The van der Waals surface area contributed by atoms with Crippen molar-refractivity contribution in [3.63, 3.8) is 0 Å². The second-order valence-electron chi connectivity index (χ2n) is 3.85. The van der Waals surface area contributed by atoms with E-state index in [-0.39, 0.29) is 27.4 Å². The highest BCUT2D eigenvalue weighted by molar-refractivity contribution is 7.92. The molecule has 0 saturated carbocycles. The summed E-state index contributed by atoms with van der Waals surface area (Å²) in [4.78, 5) is 3.81. The molecule has 20 heavy (non-hydrogen) atoms. The standard InChI is InChI=1S/C12H10Cl2N2O3S/c13-10-2-1-5-15-12(10)16-20(18,19)9-4-3-8(7-17)11(14)6-9/h1-6,17H,7H2,(H,15,16). The van der Waals surface area contributed by atoms with Crippen molar-refractivity contribution in [2.24, 2.45) is 0 Å². The van der Waals surface area contributed by atoms with Gasteiger partial charge in [0, 0.05) is 11.2 Å². The van der Waals surface area contributed by atoms with Crippen LogP contribution in [0.5, 0.6) is 0 Å². The lowest BCUT2D eigenvalue weighted by atomic mass is 10.2. The first kappa shape index (κ1) is 15.1. The maximum Gasteiger partial charge on any atom is 0.263 e. The highest BCUT2D eigenvalue weighted by atomic mass is 35.5. The Balaban J connectivity index is 2.36. The topological polar surface area (TPSA) is 79.3 Å². The smallest absolute Gasteiger partial charge is 0.263 e. The third-order valence-electron chi connectivity index (χ3n) is 2.49. The third-order valence-corrected chi connectivity index (χ3v) is 4.49. The Kier molecular flexibility index (Phi) is 4.49. The number of halogens is 2. The van der Waals surface area contributed by atoms with Crippen LogP contribution in [0.15, 0.2) is 41.4 Å². The average molecular weight is 333 g/mol. The number of aromatic nitrogens is 1. The van der Waals surface area contributed by atoms with E-state index in [1.807, 2.05) is 0 Å². The molecule has 1 aromatic carbocycles. The van der Waals surface area contributed by atoms with Crippen LogP contribution in [0.2, 0.25) is 10.0 Å². The van der Waals surface area contributed by atoms with Gasteiger partial charge in [0.25, 0.3) is 10.0 Å². The van der Waals surface area contributed by atoms with Crippen molar-refractivity contribution in [2.45, 2.75) is 11.5 Å². The van der Waals surface area contributed by atoms with Crippen molar-refractivity contribution in [1.29, 1.82) is 0 Å². The van der Waals surface area contributed by atoms with Crippen LogP contribution in [0.4, 0.5) is 5.82 Å². The van der Waals surface area contributed by atoms with E-state index >= 15 is 0 Å². The van der Waals surface area contributed by atoms with Gasteiger partial charge in [-0.2, -0.15) is 0 Å². The molecule has 1 heterocycles. The van der Waals surface area contributed by atoms with Crippen molar-refractivity contribution in [3.8, 4) is 0 Å². The largest absolute Gasteiger partial charge is 0.392 e. The molecule has 0 aliphatic heterocycles. The summed E-state index contributed by atoms with van der Waals surface area (Å²) in [6, 6.07) is 7.15. The number of benzene rings is 1. The molecule has 1 aromatic heterocycles. The van der Waals surface area contributed by atoms with Gasteiger partial charge in [-0.15, -0.1) is 0 Å². The van der Waals surface area contributed by atoms with Gasteiger partial charge in [-0.25, -0.2) is 13.4 Å². The number of anilines is 1. The quantitative estimate of drug-likeness (QED) is 0.902. The molecule has 0 saturated heterocycles. The van der Waals surface area contributed by atoms with Crippen LogP contribution in [0.1, 0.15) is 5.56 Å². The van der Waals surface area contributed by atoms with Gasteiger partial charge in [-0.05, 0) is 29.8 Å². The van der Waals surface area contributed by atoms with Crippen LogP contribution in [0.3, 0.4) is 0 Å². The van der Waals surface area contributed by atoms with E-state index in [0.29, 0.717) is 5.56 Å². The van der Waals surface area contributed by atoms with Crippen molar-refractivity contribution in [1.82, 2.24) is 4.98 Å². The molecule has 0 aliphatic carbocycles. The Morgan fingerprint density at radius 1 is 1.20 bits per heavy atom. The summed E-state index contributed by atoms with van der Waals surface area (Å²) in [7, 11) is -3.85. The summed E-state index contributed by atoms with van der Waals surface area (Å²) in [5, 5.41) is 9.36. The van der Waals surface area contributed by atoms with Crippen LogP contribution in [0.25, 0.3) is 0 Å². The van der Waals surface area contributed by atoms with E-state index in [9.17, 15) is 8.42 Å². The molecule has 0 amide bonds. The number of aliphatic hydroxyl groups excluding tert-OH is 1. The Bertz CT molecular complexity index is 735. The molecule has 106 valence electrons. The van der Waals surface area contributed by atoms with Gasteiger partial charge in [-0.3, -0.25) is 4.72 Å². The Morgan fingerprint density at radius 3 is 2.55 bits per heavy atom. The van der Waals surface area contributed by atoms with Crippen LogP contribution in [0, 0.1) is 0 Å². The van der Waals surface area contributed by atoms with Gasteiger partial charge in [-0.1, -0.05) is 29.3 Å². The third kappa shape index (κ3) is 3.21. The minimum atomic E-state index is -3.85. The van der Waals surface area contributed by atoms with Crippen molar-refractivity contribution < 1.29 is 13.5 Å². The molecule has 0 aliphatic rings. The Morgan fingerprint density at radius 2 is 1.95 bits per heavy atom. The minimum absolute atomic E-state index is 0.0384. The lowest BCUT2D eigenvalue weighted by Gasteiger charge is -2.09. The second-order valence-corrected chi connectivity index (χ2v) is 6.35. The van der Waals surface area contributed by atoms with Gasteiger partial charge in [0.2, 0.25) is 0 Å². The maximum absolute atomic E-state index is 12.2. The molecule has 2 aromatic rings. The predicted molar refractivity (Wildman–Crippen MR) is 77.4 cm³/mol. The number of aliphatic hydroxyl groups is 1. The highest BCUT2D eigenvalue weighted by Crippen LogP contribution is 2.24. The number of hydrogen-bond acceptors (Lipinski definition) is 4. The lowest BCUT2D eigenvalue weighted by molar-refractivity contribution is 0.282. The number of pyridine rings is 1. The number of rotatable bonds is 4. The van der Waals surface area contributed by atoms with E-state index in [1.165, 1.54) is 30.5 Å². The summed E-state index contributed by atoms with van der Waals surface area (Å²) in [5.74, 6) is 0.0384. The molecule has 0 fully saturated rings. The SMILES string of the molecule is O=S(=O)(Nc1ncccc1Cl)c1ccc(CO)c(Cl)c1. The fraction of sp³-hybridized carbons (Fsp3) is 0.0833. The van der Waals surface area contributed by atoms with Gasteiger partial charge < -0.3 is 5.11 Å². The molecule has 0 radical (unpaired) electrons. The fourth-order valence-electron chi connectivity index (χ4n) is 1.47. The lowest BCUT2D eigenvalue weighted by Crippen LogP contribution is -2.14. The van der Waals surface area contributed by atoms with E-state index in [0.717, 1.165) is 0 Å². The molecule has 0 spiro atoms. The van der Waals surface area contributed by atoms with Gasteiger partial charge in [0.1, 0.15) is 0 Å². The summed E-state index contributed by atoms with van der Waals surface area (Å²) in [5.41, 5.74) is 0.446. The minimum Gasteiger partial charge on any atom is -0.392 e. The van der Waals surface area contributed by atoms with Crippen molar-refractivity contribution in [2.75, 3.05) is 4.72 Å². The van der Waals surface area contributed by atoms with E-state index in [2.05, 4.69) is 9.71 Å². The number of nitrogens with one attached hydrogen (secondary N) is 1. The Labute approximate surface area is 126 Å². The summed E-state index contributed by atoms with van der Waals surface area (Å²) < 4.78 is 26.6. The zero-order valence-electron chi connectivity index (χ0n) is 10.0. The molecular weight excluding hydrogens is 323 g/mol. The van der Waals surface area contributed by atoms with E-state index in [1.54, 1.807) is 6.07 Å². The maximum atomic E-state index is 12.2. The number of hydrogen-bond donors (Lipinski definition) is 2. The molecule has 2 N–H and O–H groups in total. The number of sulfonamides is 1. The zero-order chi connectivity index (χ0) is 14.8. The highest BCUT2D eigenvalue weighted by Gasteiger charge is 2.17. The summed E-state index contributed by atoms with van der Waals surface area (Å²) in [6.07, 6.45) is 1.42. The van der Waals surface area contributed by atoms with Gasteiger partial charge in [0.15, 0.2) is 5.82 Å². The van der Waals surface area contributed by atoms with Crippen LogP contribution in [-0.4, -0.2) is 18.5 Å². The fourth-order valence-corrected chi connectivity index (χ4v) is 3.06. The molecule has 8 heteroatoms. The molecule has 0 unspecified atom stereocenters. The van der Waals surface area contributed by atoms with E-state index in [4.69, 9.17) is 28.3 Å². The number of nitrogens with zero attached hydrogens (tertiary/aromatic N) is 1. The first-order chi connectivity index (χ1) is 9.44.